The topological polar surface area (TPSA) is 105 Å². The van der Waals surface area contributed by atoms with E-state index >= 15 is 0 Å². The number of hydrogen-bond donors (Lipinski definition) is 1. The number of carbonyl (C=O) groups is 2. The number of aromatic nitrogens is 3. The summed E-state index contributed by atoms with van der Waals surface area (Å²) in [6.45, 7) is 1.27. The van der Waals surface area contributed by atoms with E-state index < -0.39 is 18.5 Å². The van der Waals surface area contributed by atoms with E-state index in [9.17, 15) is 9.59 Å². The number of halogens is 1. The van der Waals surface area contributed by atoms with Crippen LogP contribution in [-0.2, 0) is 16.6 Å². The zero-order valence-corrected chi connectivity index (χ0v) is 20.3. The van der Waals surface area contributed by atoms with E-state index in [0.717, 1.165) is 5.56 Å². The number of amides is 1. The van der Waals surface area contributed by atoms with Crippen molar-refractivity contribution in [2.45, 2.75) is 6.92 Å². The van der Waals surface area contributed by atoms with Crippen LogP contribution in [0.4, 0.5) is 5.69 Å². The van der Waals surface area contributed by atoms with Gasteiger partial charge in [-0.1, -0.05) is 41.9 Å². The molecular weight excluding hydrogens is 472 g/mol. The minimum absolute atomic E-state index is 0.276. The Labute approximate surface area is 206 Å². The van der Waals surface area contributed by atoms with Crippen molar-refractivity contribution in [1.29, 1.82) is 0 Å². The molecule has 2 aromatic carbocycles. The number of benzene rings is 2. The van der Waals surface area contributed by atoms with Gasteiger partial charge < -0.3 is 19.5 Å². The Morgan fingerprint density at radius 2 is 1.77 bits per heavy atom. The van der Waals surface area contributed by atoms with Crippen LogP contribution >= 0.6 is 11.6 Å². The molecule has 0 saturated carbocycles. The van der Waals surface area contributed by atoms with Crippen molar-refractivity contribution < 1.29 is 23.8 Å². The van der Waals surface area contributed by atoms with Crippen LogP contribution in [0, 0.1) is 6.92 Å². The molecule has 2 heterocycles. The normalized spacial score (nSPS) is 10.8. The van der Waals surface area contributed by atoms with Gasteiger partial charge in [0.1, 0.15) is 11.5 Å². The van der Waals surface area contributed by atoms with Gasteiger partial charge >= 0.3 is 5.97 Å². The third-order valence-corrected chi connectivity index (χ3v) is 5.64. The predicted molar refractivity (Wildman–Crippen MR) is 132 cm³/mol. The number of hydrogen-bond acceptors (Lipinski definition) is 7. The molecule has 1 N–H and O–H groups in total. The fourth-order valence-corrected chi connectivity index (χ4v) is 3.95. The molecule has 4 rings (SSSR count). The first kappa shape index (κ1) is 24.0. The van der Waals surface area contributed by atoms with E-state index in [-0.39, 0.29) is 5.56 Å². The van der Waals surface area contributed by atoms with Gasteiger partial charge in [0.05, 0.1) is 47.3 Å². The van der Waals surface area contributed by atoms with Crippen molar-refractivity contribution in [2.75, 3.05) is 26.1 Å². The fourth-order valence-electron chi connectivity index (χ4n) is 3.72. The molecule has 180 valence electrons. The Balaban J connectivity index is 1.58. The highest BCUT2D eigenvalue weighted by Gasteiger charge is 2.21. The molecule has 35 heavy (non-hydrogen) atoms. The maximum absolute atomic E-state index is 13.1. The summed E-state index contributed by atoms with van der Waals surface area (Å²) in [6, 6.07) is 14.2. The Kier molecular flexibility index (Phi) is 6.88. The first-order valence-corrected chi connectivity index (χ1v) is 11.0. The predicted octanol–water partition coefficient (Wildman–Crippen LogP) is 4.41. The molecule has 9 nitrogen and oxygen atoms in total. The highest BCUT2D eigenvalue weighted by molar-refractivity contribution is 6.32. The SMILES string of the molecule is COc1cc(NC(=O)COC(=O)c2cc(-c3ccccc3)nc3c2c(C)nn3C)c(OC)cc1Cl. The van der Waals surface area contributed by atoms with Gasteiger partial charge in [0, 0.05) is 24.7 Å². The maximum atomic E-state index is 13.1. The van der Waals surface area contributed by atoms with Crippen molar-refractivity contribution in [3.05, 3.63) is 64.8 Å². The van der Waals surface area contributed by atoms with Crippen LogP contribution in [0.15, 0.2) is 48.5 Å². The van der Waals surface area contributed by atoms with Crippen molar-refractivity contribution in [3.8, 4) is 22.8 Å². The number of pyridine rings is 1. The summed E-state index contributed by atoms with van der Waals surface area (Å²) in [5.41, 5.74) is 3.20. The largest absolute Gasteiger partial charge is 0.495 e. The Morgan fingerprint density at radius 3 is 2.46 bits per heavy atom. The lowest BCUT2D eigenvalue weighted by molar-refractivity contribution is -0.119. The van der Waals surface area contributed by atoms with Crippen LogP contribution in [-0.4, -0.2) is 47.5 Å². The molecule has 0 spiro atoms. The van der Waals surface area contributed by atoms with Gasteiger partial charge in [-0.15, -0.1) is 0 Å². The molecule has 0 aliphatic heterocycles. The molecule has 0 atom stereocenters. The van der Waals surface area contributed by atoms with Crippen LogP contribution in [0.3, 0.4) is 0 Å². The Morgan fingerprint density at radius 1 is 1.06 bits per heavy atom. The monoisotopic (exact) mass is 494 g/mol. The van der Waals surface area contributed by atoms with Crippen LogP contribution < -0.4 is 14.8 Å². The lowest BCUT2D eigenvalue weighted by Gasteiger charge is -2.13. The second-order valence-corrected chi connectivity index (χ2v) is 8.05. The number of fused-ring (bicyclic) bond motifs is 1. The van der Waals surface area contributed by atoms with Crippen molar-refractivity contribution in [2.24, 2.45) is 7.05 Å². The third-order valence-electron chi connectivity index (χ3n) is 5.34. The van der Waals surface area contributed by atoms with E-state index in [4.69, 9.17) is 25.8 Å². The summed E-state index contributed by atoms with van der Waals surface area (Å²) in [5.74, 6) is -0.525. The number of aryl methyl sites for hydroxylation is 2. The van der Waals surface area contributed by atoms with Gasteiger partial charge in [-0.3, -0.25) is 9.48 Å². The summed E-state index contributed by atoms with van der Waals surface area (Å²) in [4.78, 5) is 30.4. The van der Waals surface area contributed by atoms with Crippen molar-refractivity contribution >= 4 is 40.2 Å². The summed E-state index contributed by atoms with van der Waals surface area (Å²) in [7, 11) is 4.66. The molecule has 1 amide bonds. The number of nitrogens with one attached hydrogen (secondary N) is 1. The average molecular weight is 495 g/mol. The number of rotatable bonds is 7. The second-order valence-electron chi connectivity index (χ2n) is 7.64. The van der Waals surface area contributed by atoms with Crippen molar-refractivity contribution in [1.82, 2.24) is 14.8 Å². The molecular formula is C25H23ClN4O5. The number of carbonyl (C=O) groups excluding carboxylic acids is 2. The van der Waals surface area contributed by atoms with Gasteiger partial charge in [0.25, 0.3) is 5.91 Å². The fraction of sp³-hybridized carbons (Fsp3) is 0.200. The average Bonchev–Trinajstić information content (AvgIpc) is 3.16. The first-order valence-electron chi connectivity index (χ1n) is 10.6. The molecule has 0 aliphatic rings. The molecule has 0 fully saturated rings. The lowest BCUT2D eigenvalue weighted by Crippen LogP contribution is -2.21. The molecule has 0 bridgehead atoms. The summed E-state index contributed by atoms with van der Waals surface area (Å²) < 4.78 is 17.4. The van der Waals surface area contributed by atoms with Gasteiger partial charge in [-0.25, -0.2) is 9.78 Å². The van der Waals surface area contributed by atoms with E-state index in [1.165, 1.54) is 26.4 Å². The quantitative estimate of drug-likeness (QED) is 0.379. The van der Waals surface area contributed by atoms with Gasteiger partial charge in [-0.05, 0) is 13.0 Å². The zero-order chi connectivity index (χ0) is 25.1. The second kappa shape index (κ2) is 10.0. The standard InChI is InChI=1S/C25H23ClN4O5/c1-14-23-16(10-18(15-8-6-5-7-9-15)28-24(23)30(2)29-14)25(32)35-13-22(31)27-19-12-20(33-3)17(26)11-21(19)34-4/h5-12H,13H2,1-4H3,(H,27,31). The van der Waals surface area contributed by atoms with Crippen LogP contribution in [0.2, 0.25) is 5.02 Å². The van der Waals surface area contributed by atoms with Gasteiger partial charge in [-0.2, -0.15) is 5.10 Å². The molecule has 2 aromatic heterocycles. The van der Waals surface area contributed by atoms with E-state index in [1.54, 1.807) is 24.7 Å². The molecule has 0 radical (unpaired) electrons. The summed E-state index contributed by atoms with van der Waals surface area (Å²) in [6.07, 6.45) is 0. The maximum Gasteiger partial charge on any atom is 0.339 e. The number of ether oxygens (including phenoxy) is 3. The third kappa shape index (κ3) is 4.90. The van der Waals surface area contributed by atoms with Gasteiger partial charge in [0.15, 0.2) is 12.3 Å². The highest BCUT2D eigenvalue weighted by atomic mass is 35.5. The smallest absolute Gasteiger partial charge is 0.339 e. The zero-order valence-electron chi connectivity index (χ0n) is 19.6. The molecule has 10 heteroatoms. The van der Waals surface area contributed by atoms with Crippen LogP contribution in [0.5, 0.6) is 11.5 Å². The Bertz CT molecular complexity index is 1420. The summed E-state index contributed by atoms with van der Waals surface area (Å²) in [5, 5.41) is 7.94. The van der Waals surface area contributed by atoms with Gasteiger partial charge in [0.2, 0.25) is 0 Å². The van der Waals surface area contributed by atoms with Crippen LogP contribution in [0.25, 0.3) is 22.3 Å². The Hall–Kier alpha value is -4.11. The number of nitrogens with zero attached hydrogens (tertiary/aromatic N) is 3. The molecule has 0 unspecified atom stereocenters. The van der Waals surface area contributed by atoms with Crippen molar-refractivity contribution in [3.63, 3.8) is 0 Å². The minimum atomic E-state index is -0.665. The van der Waals surface area contributed by atoms with Crippen LogP contribution in [0.1, 0.15) is 16.1 Å². The highest BCUT2D eigenvalue weighted by Crippen LogP contribution is 2.36. The molecule has 0 saturated heterocycles. The van der Waals surface area contributed by atoms with E-state index in [2.05, 4.69) is 15.4 Å². The first-order chi connectivity index (χ1) is 16.8. The number of esters is 1. The van der Waals surface area contributed by atoms with E-state index in [1.807, 2.05) is 30.3 Å². The number of methoxy groups -OCH3 is 2. The molecule has 0 aliphatic carbocycles. The summed E-state index contributed by atoms with van der Waals surface area (Å²) >= 11 is 6.11. The minimum Gasteiger partial charge on any atom is -0.495 e. The lowest BCUT2D eigenvalue weighted by atomic mass is 10.1. The molecule has 4 aromatic rings. The van der Waals surface area contributed by atoms with E-state index in [0.29, 0.717) is 44.6 Å². The number of anilines is 1.